The summed E-state index contributed by atoms with van der Waals surface area (Å²) >= 11 is 0. The van der Waals surface area contributed by atoms with Crippen molar-refractivity contribution in [2.75, 3.05) is 0 Å². The van der Waals surface area contributed by atoms with Crippen LogP contribution in [0, 0.1) is 11.8 Å². The predicted molar refractivity (Wildman–Crippen MR) is 80.7 cm³/mol. The van der Waals surface area contributed by atoms with Crippen molar-refractivity contribution in [3.8, 4) is 0 Å². The standard InChI is InChI=1S/C17H30O/c1-6-14(2)8-7-9-15(3)10-11-16(4)17(5)12-13-18/h8,10,13,16-17H,6-7,9,11-12H2,1-5H3/b14-8-,15-10+/t16-,17+/m0/s1. The third kappa shape index (κ3) is 8.27. The first-order valence-electron chi connectivity index (χ1n) is 7.26. The summed E-state index contributed by atoms with van der Waals surface area (Å²) in [4.78, 5) is 10.5. The minimum absolute atomic E-state index is 0.494. The van der Waals surface area contributed by atoms with E-state index in [0.29, 0.717) is 18.3 Å². The lowest BCUT2D eigenvalue weighted by molar-refractivity contribution is -0.108. The van der Waals surface area contributed by atoms with Crippen molar-refractivity contribution in [2.24, 2.45) is 11.8 Å². The molecule has 0 spiro atoms. The molecule has 0 aliphatic heterocycles. The molecule has 0 rings (SSSR count). The molecule has 0 bridgehead atoms. The topological polar surface area (TPSA) is 17.1 Å². The van der Waals surface area contributed by atoms with Crippen LogP contribution in [-0.2, 0) is 4.79 Å². The minimum Gasteiger partial charge on any atom is -0.303 e. The highest BCUT2D eigenvalue weighted by atomic mass is 16.1. The van der Waals surface area contributed by atoms with Crippen LogP contribution >= 0.6 is 0 Å². The molecule has 18 heavy (non-hydrogen) atoms. The van der Waals surface area contributed by atoms with Crippen LogP contribution in [0.5, 0.6) is 0 Å². The summed E-state index contributed by atoms with van der Waals surface area (Å²) in [6.45, 7) is 11.0. The van der Waals surface area contributed by atoms with Crippen molar-refractivity contribution in [1.82, 2.24) is 0 Å². The number of carbonyl (C=O) groups is 1. The summed E-state index contributed by atoms with van der Waals surface area (Å²) in [6.07, 6.45) is 11.0. The quantitative estimate of drug-likeness (QED) is 0.400. The van der Waals surface area contributed by atoms with Gasteiger partial charge in [0.05, 0.1) is 0 Å². The number of allylic oxidation sites excluding steroid dienone is 4. The fourth-order valence-corrected chi connectivity index (χ4v) is 1.80. The van der Waals surface area contributed by atoms with Crippen LogP contribution in [0.1, 0.15) is 66.7 Å². The Morgan fingerprint density at radius 1 is 1.00 bits per heavy atom. The summed E-state index contributed by atoms with van der Waals surface area (Å²) in [7, 11) is 0. The SMILES string of the molecule is CC/C(C)=C\CC/C(C)=C/C[C@H](C)[C@H](C)CC=O. The van der Waals surface area contributed by atoms with Gasteiger partial charge >= 0.3 is 0 Å². The summed E-state index contributed by atoms with van der Waals surface area (Å²) in [5.41, 5.74) is 2.95. The van der Waals surface area contributed by atoms with Crippen molar-refractivity contribution in [2.45, 2.75) is 66.7 Å². The highest BCUT2D eigenvalue weighted by Gasteiger charge is 2.09. The van der Waals surface area contributed by atoms with E-state index in [0.717, 1.165) is 32.0 Å². The van der Waals surface area contributed by atoms with E-state index in [2.05, 4.69) is 46.8 Å². The van der Waals surface area contributed by atoms with E-state index >= 15 is 0 Å². The number of hydrogen-bond donors (Lipinski definition) is 0. The molecule has 0 aliphatic carbocycles. The summed E-state index contributed by atoms with van der Waals surface area (Å²) in [5, 5.41) is 0. The van der Waals surface area contributed by atoms with E-state index in [-0.39, 0.29) is 0 Å². The van der Waals surface area contributed by atoms with Crippen molar-refractivity contribution < 1.29 is 4.79 Å². The van der Waals surface area contributed by atoms with Crippen molar-refractivity contribution >= 4 is 6.29 Å². The molecule has 104 valence electrons. The van der Waals surface area contributed by atoms with Gasteiger partial charge in [-0.2, -0.15) is 0 Å². The first kappa shape index (κ1) is 17.2. The van der Waals surface area contributed by atoms with Crippen molar-refractivity contribution in [1.29, 1.82) is 0 Å². The molecule has 0 fully saturated rings. The fraction of sp³-hybridized carbons (Fsp3) is 0.706. The number of hydrogen-bond acceptors (Lipinski definition) is 1. The van der Waals surface area contributed by atoms with E-state index in [4.69, 9.17) is 0 Å². The third-order valence-corrected chi connectivity index (χ3v) is 3.87. The van der Waals surface area contributed by atoms with Gasteiger partial charge in [0.2, 0.25) is 0 Å². The molecule has 0 aromatic heterocycles. The summed E-state index contributed by atoms with van der Waals surface area (Å²) in [5.74, 6) is 1.09. The molecule has 0 aromatic carbocycles. The Balaban J connectivity index is 4.00. The van der Waals surface area contributed by atoms with Gasteiger partial charge in [-0.25, -0.2) is 0 Å². The number of aldehydes is 1. The molecule has 1 heteroatoms. The summed E-state index contributed by atoms with van der Waals surface area (Å²) < 4.78 is 0. The maximum absolute atomic E-state index is 10.5. The lowest BCUT2D eigenvalue weighted by Crippen LogP contribution is -2.07. The lowest BCUT2D eigenvalue weighted by Gasteiger charge is -2.15. The van der Waals surface area contributed by atoms with E-state index < -0.39 is 0 Å². The second kappa shape index (κ2) is 10.1. The van der Waals surface area contributed by atoms with Crippen LogP contribution in [0.25, 0.3) is 0 Å². The van der Waals surface area contributed by atoms with Gasteiger partial charge in [-0.15, -0.1) is 0 Å². The Kier molecular flexibility index (Phi) is 9.63. The molecular weight excluding hydrogens is 220 g/mol. The van der Waals surface area contributed by atoms with Crippen LogP contribution in [-0.4, -0.2) is 6.29 Å². The zero-order chi connectivity index (χ0) is 14.0. The van der Waals surface area contributed by atoms with E-state index in [1.807, 2.05) is 0 Å². The van der Waals surface area contributed by atoms with Crippen LogP contribution < -0.4 is 0 Å². The molecule has 1 nitrogen and oxygen atoms in total. The monoisotopic (exact) mass is 250 g/mol. The third-order valence-electron chi connectivity index (χ3n) is 3.87. The van der Waals surface area contributed by atoms with Gasteiger partial charge in [-0.1, -0.05) is 44.1 Å². The first-order chi connectivity index (χ1) is 8.51. The normalized spacial score (nSPS) is 16.5. The summed E-state index contributed by atoms with van der Waals surface area (Å²) in [6, 6.07) is 0. The van der Waals surface area contributed by atoms with E-state index in [9.17, 15) is 4.79 Å². The van der Waals surface area contributed by atoms with Crippen LogP contribution in [0.4, 0.5) is 0 Å². The molecule has 0 unspecified atom stereocenters. The Labute approximate surface area is 113 Å². The maximum atomic E-state index is 10.5. The van der Waals surface area contributed by atoms with Gasteiger partial charge in [0, 0.05) is 6.42 Å². The molecule has 0 radical (unpaired) electrons. The van der Waals surface area contributed by atoms with Gasteiger partial charge in [0.1, 0.15) is 6.29 Å². The van der Waals surface area contributed by atoms with Crippen LogP contribution in [0.2, 0.25) is 0 Å². The van der Waals surface area contributed by atoms with Gasteiger partial charge in [-0.3, -0.25) is 0 Å². The Morgan fingerprint density at radius 3 is 2.17 bits per heavy atom. The Morgan fingerprint density at radius 2 is 1.61 bits per heavy atom. The fourth-order valence-electron chi connectivity index (χ4n) is 1.80. The molecule has 0 amide bonds. The molecule has 0 aromatic rings. The maximum Gasteiger partial charge on any atom is 0.120 e. The highest BCUT2D eigenvalue weighted by molar-refractivity contribution is 5.49. The Bertz CT molecular complexity index is 286. The molecular formula is C17H30O. The van der Waals surface area contributed by atoms with E-state index in [1.54, 1.807) is 0 Å². The van der Waals surface area contributed by atoms with Gasteiger partial charge in [0.15, 0.2) is 0 Å². The highest BCUT2D eigenvalue weighted by Crippen LogP contribution is 2.19. The Hall–Kier alpha value is -0.850. The van der Waals surface area contributed by atoms with Gasteiger partial charge in [0.25, 0.3) is 0 Å². The average Bonchev–Trinajstić information content (AvgIpc) is 2.35. The average molecular weight is 250 g/mol. The lowest BCUT2D eigenvalue weighted by atomic mass is 9.90. The molecule has 0 saturated heterocycles. The van der Waals surface area contributed by atoms with Crippen LogP contribution in [0.15, 0.2) is 23.3 Å². The largest absolute Gasteiger partial charge is 0.303 e. The molecule has 0 N–H and O–H groups in total. The zero-order valence-electron chi connectivity index (χ0n) is 12.8. The van der Waals surface area contributed by atoms with Gasteiger partial charge < -0.3 is 4.79 Å². The first-order valence-corrected chi connectivity index (χ1v) is 7.26. The number of rotatable bonds is 9. The molecule has 0 aliphatic rings. The number of carbonyl (C=O) groups excluding carboxylic acids is 1. The molecule has 0 saturated carbocycles. The molecule has 2 atom stereocenters. The van der Waals surface area contributed by atoms with E-state index in [1.165, 1.54) is 11.1 Å². The van der Waals surface area contributed by atoms with Gasteiger partial charge in [-0.05, 0) is 51.4 Å². The zero-order valence-corrected chi connectivity index (χ0v) is 12.8. The van der Waals surface area contributed by atoms with Crippen molar-refractivity contribution in [3.05, 3.63) is 23.3 Å². The second-order valence-electron chi connectivity index (χ2n) is 5.59. The van der Waals surface area contributed by atoms with Crippen LogP contribution in [0.3, 0.4) is 0 Å². The van der Waals surface area contributed by atoms with Crippen molar-refractivity contribution in [3.63, 3.8) is 0 Å². The smallest absolute Gasteiger partial charge is 0.120 e. The minimum atomic E-state index is 0.494. The second-order valence-corrected chi connectivity index (χ2v) is 5.59. The predicted octanol–water partition coefficient (Wildman–Crippen LogP) is 5.32. The molecule has 0 heterocycles.